The zero-order chi connectivity index (χ0) is 11.2. The molecule has 2 rings (SSSR count). The molecule has 0 aliphatic carbocycles. The summed E-state index contributed by atoms with van der Waals surface area (Å²) in [7, 11) is 0. The minimum absolute atomic E-state index is 0.545. The first-order valence-electron chi connectivity index (χ1n) is 5.96. The molecular formula is C13H20N2O. The predicted octanol–water partition coefficient (Wildman–Crippen LogP) is 1.24. The lowest BCUT2D eigenvalue weighted by Gasteiger charge is -2.27. The van der Waals surface area contributed by atoms with Crippen molar-refractivity contribution in [3.8, 4) is 0 Å². The molecule has 1 unspecified atom stereocenters. The summed E-state index contributed by atoms with van der Waals surface area (Å²) in [4.78, 5) is 2.43. The third-order valence-electron chi connectivity index (χ3n) is 3.07. The molecule has 1 aromatic rings. The Morgan fingerprint density at radius 3 is 2.75 bits per heavy atom. The van der Waals surface area contributed by atoms with Crippen LogP contribution in [0.15, 0.2) is 30.3 Å². The van der Waals surface area contributed by atoms with Crippen molar-refractivity contribution >= 4 is 0 Å². The first-order valence-corrected chi connectivity index (χ1v) is 5.96. The molecule has 0 radical (unpaired) electrons. The maximum atomic E-state index is 5.67. The summed E-state index contributed by atoms with van der Waals surface area (Å²) in [6.07, 6.45) is 1.13. The summed E-state index contributed by atoms with van der Waals surface area (Å²) in [6, 6.07) is 11.1. The van der Waals surface area contributed by atoms with E-state index in [0.717, 1.165) is 32.7 Å². The fourth-order valence-corrected chi connectivity index (χ4v) is 2.18. The molecular weight excluding hydrogens is 200 g/mol. The molecule has 0 bridgehead atoms. The van der Waals surface area contributed by atoms with Crippen LogP contribution in [0.25, 0.3) is 0 Å². The van der Waals surface area contributed by atoms with Gasteiger partial charge in [-0.2, -0.15) is 0 Å². The summed E-state index contributed by atoms with van der Waals surface area (Å²) < 4.78 is 5.44. The molecule has 1 fully saturated rings. The third kappa shape index (κ3) is 3.04. The van der Waals surface area contributed by atoms with Crippen molar-refractivity contribution < 1.29 is 4.74 Å². The van der Waals surface area contributed by atoms with E-state index < -0.39 is 0 Å². The number of benzene rings is 1. The number of hydrogen-bond donors (Lipinski definition) is 1. The van der Waals surface area contributed by atoms with Crippen molar-refractivity contribution in [1.82, 2.24) is 4.90 Å². The maximum Gasteiger partial charge on any atom is 0.0622 e. The fourth-order valence-electron chi connectivity index (χ4n) is 2.18. The molecule has 0 spiro atoms. The summed E-state index contributed by atoms with van der Waals surface area (Å²) >= 11 is 0. The van der Waals surface area contributed by atoms with Crippen molar-refractivity contribution in [3.63, 3.8) is 0 Å². The van der Waals surface area contributed by atoms with Crippen molar-refractivity contribution in [2.45, 2.75) is 19.0 Å². The normalized spacial score (nSPS) is 20.5. The topological polar surface area (TPSA) is 38.5 Å². The molecule has 1 saturated heterocycles. The van der Waals surface area contributed by atoms with Crippen LogP contribution in [0.1, 0.15) is 12.0 Å². The van der Waals surface area contributed by atoms with Gasteiger partial charge >= 0.3 is 0 Å². The molecule has 1 atom stereocenters. The number of ether oxygens (including phenoxy) is 1. The summed E-state index contributed by atoms with van der Waals surface area (Å²) in [5.74, 6) is 0. The average molecular weight is 220 g/mol. The van der Waals surface area contributed by atoms with Crippen LogP contribution in [0, 0.1) is 0 Å². The molecule has 1 aromatic carbocycles. The van der Waals surface area contributed by atoms with Gasteiger partial charge in [0.15, 0.2) is 0 Å². The van der Waals surface area contributed by atoms with Crippen LogP contribution >= 0.6 is 0 Å². The molecule has 0 amide bonds. The lowest BCUT2D eigenvalue weighted by molar-refractivity contribution is 0.141. The second-order valence-electron chi connectivity index (χ2n) is 4.26. The van der Waals surface area contributed by atoms with Gasteiger partial charge in [-0.1, -0.05) is 30.3 Å². The maximum absolute atomic E-state index is 5.67. The van der Waals surface area contributed by atoms with Gasteiger partial charge in [-0.25, -0.2) is 0 Å². The fraction of sp³-hybridized carbons (Fsp3) is 0.538. The Labute approximate surface area is 97.2 Å². The quantitative estimate of drug-likeness (QED) is 0.811. The molecule has 0 saturated carbocycles. The van der Waals surface area contributed by atoms with E-state index in [1.165, 1.54) is 5.56 Å². The Morgan fingerprint density at radius 2 is 2.12 bits per heavy atom. The lowest BCUT2D eigenvalue weighted by Crippen LogP contribution is -2.38. The van der Waals surface area contributed by atoms with Gasteiger partial charge in [0.25, 0.3) is 0 Å². The van der Waals surface area contributed by atoms with Crippen molar-refractivity contribution in [1.29, 1.82) is 0 Å². The molecule has 3 heteroatoms. The predicted molar refractivity (Wildman–Crippen MR) is 65.1 cm³/mol. The Hall–Kier alpha value is -0.900. The SMILES string of the molecule is NCCN(Cc1ccccc1)C1CCOC1. The van der Waals surface area contributed by atoms with Gasteiger partial charge in [-0.3, -0.25) is 4.90 Å². The zero-order valence-electron chi connectivity index (χ0n) is 9.64. The highest BCUT2D eigenvalue weighted by Crippen LogP contribution is 2.15. The van der Waals surface area contributed by atoms with Crippen molar-refractivity contribution in [2.24, 2.45) is 5.73 Å². The van der Waals surface area contributed by atoms with E-state index >= 15 is 0 Å². The van der Waals surface area contributed by atoms with Crippen LogP contribution in [-0.4, -0.2) is 37.2 Å². The Morgan fingerprint density at radius 1 is 1.31 bits per heavy atom. The molecule has 1 heterocycles. The highest BCUT2D eigenvalue weighted by atomic mass is 16.5. The van der Waals surface area contributed by atoms with E-state index in [9.17, 15) is 0 Å². The third-order valence-corrected chi connectivity index (χ3v) is 3.07. The molecule has 1 aliphatic heterocycles. The molecule has 0 aromatic heterocycles. The van der Waals surface area contributed by atoms with Crippen LogP contribution in [-0.2, 0) is 11.3 Å². The van der Waals surface area contributed by atoms with Crippen LogP contribution in [0.3, 0.4) is 0 Å². The van der Waals surface area contributed by atoms with Gasteiger partial charge in [0.1, 0.15) is 0 Å². The zero-order valence-corrected chi connectivity index (χ0v) is 9.64. The number of rotatable bonds is 5. The van der Waals surface area contributed by atoms with E-state index in [0.29, 0.717) is 12.6 Å². The van der Waals surface area contributed by atoms with Gasteiger partial charge in [-0.15, -0.1) is 0 Å². The Bertz CT molecular complexity index is 296. The van der Waals surface area contributed by atoms with Crippen LogP contribution < -0.4 is 5.73 Å². The van der Waals surface area contributed by atoms with Gasteiger partial charge in [0.2, 0.25) is 0 Å². The first-order chi connectivity index (χ1) is 7.90. The number of nitrogens with zero attached hydrogens (tertiary/aromatic N) is 1. The molecule has 2 N–H and O–H groups in total. The molecule has 1 aliphatic rings. The second kappa shape index (κ2) is 5.99. The van der Waals surface area contributed by atoms with E-state index in [1.807, 2.05) is 0 Å². The largest absolute Gasteiger partial charge is 0.380 e. The number of nitrogens with two attached hydrogens (primary N) is 1. The minimum Gasteiger partial charge on any atom is -0.380 e. The van der Waals surface area contributed by atoms with E-state index in [-0.39, 0.29) is 0 Å². The smallest absolute Gasteiger partial charge is 0.0622 e. The average Bonchev–Trinajstić information content (AvgIpc) is 2.83. The van der Waals surface area contributed by atoms with E-state index in [1.54, 1.807) is 0 Å². The Balaban J connectivity index is 1.96. The van der Waals surface area contributed by atoms with E-state index in [2.05, 4.69) is 35.2 Å². The van der Waals surface area contributed by atoms with E-state index in [4.69, 9.17) is 10.5 Å². The van der Waals surface area contributed by atoms with Gasteiger partial charge in [-0.05, 0) is 12.0 Å². The highest BCUT2D eigenvalue weighted by molar-refractivity contribution is 5.14. The standard InChI is InChI=1S/C13H20N2O/c14-7-8-15(13-6-9-16-11-13)10-12-4-2-1-3-5-12/h1-5,13H,6-11,14H2. The van der Waals surface area contributed by atoms with Crippen molar-refractivity contribution in [2.75, 3.05) is 26.3 Å². The minimum atomic E-state index is 0.545. The van der Waals surface area contributed by atoms with Gasteiger partial charge in [0.05, 0.1) is 6.61 Å². The Kier molecular flexibility index (Phi) is 4.34. The summed E-state index contributed by atoms with van der Waals surface area (Å²) in [6.45, 7) is 4.38. The first kappa shape index (κ1) is 11.6. The summed E-state index contributed by atoms with van der Waals surface area (Å²) in [5.41, 5.74) is 7.02. The van der Waals surface area contributed by atoms with Gasteiger partial charge in [0, 0.05) is 32.3 Å². The highest BCUT2D eigenvalue weighted by Gasteiger charge is 2.22. The monoisotopic (exact) mass is 220 g/mol. The lowest BCUT2D eigenvalue weighted by atomic mass is 10.1. The van der Waals surface area contributed by atoms with Crippen LogP contribution in [0.4, 0.5) is 0 Å². The summed E-state index contributed by atoms with van der Waals surface area (Å²) in [5, 5.41) is 0. The number of hydrogen-bond acceptors (Lipinski definition) is 3. The molecule has 16 heavy (non-hydrogen) atoms. The second-order valence-corrected chi connectivity index (χ2v) is 4.26. The van der Waals surface area contributed by atoms with Crippen LogP contribution in [0.2, 0.25) is 0 Å². The van der Waals surface area contributed by atoms with Crippen molar-refractivity contribution in [3.05, 3.63) is 35.9 Å². The van der Waals surface area contributed by atoms with Crippen LogP contribution in [0.5, 0.6) is 0 Å². The molecule has 88 valence electrons. The molecule has 3 nitrogen and oxygen atoms in total. The van der Waals surface area contributed by atoms with Gasteiger partial charge < -0.3 is 10.5 Å².